The van der Waals surface area contributed by atoms with E-state index in [9.17, 15) is 4.39 Å². The molecule has 1 unspecified atom stereocenters. The van der Waals surface area contributed by atoms with E-state index in [-0.39, 0.29) is 5.82 Å². The lowest BCUT2D eigenvalue weighted by molar-refractivity contribution is 0.403. The van der Waals surface area contributed by atoms with Gasteiger partial charge in [0.25, 0.3) is 0 Å². The van der Waals surface area contributed by atoms with E-state index < -0.39 is 6.04 Å². The highest BCUT2D eigenvalue weighted by Gasteiger charge is 2.23. The highest BCUT2D eigenvalue weighted by Crippen LogP contribution is 2.38. The van der Waals surface area contributed by atoms with E-state index in [1.54, 1.807) is 26.2 Å². The Morgan fingerprint density at radius 2 is 1.86 bits per heavy atom. The van der Waals surface area contributed by atoms with Crippen molar-refractivity contribution in [2.75, 3.05) is 7.11 Å². The fourth-order valence-corrected chi connectivity index (χ4v) is 3.14. The van der Waals surface area contributed by atoms with E-state index in [0.717, 1.165) is 21.2 Å². The minimum Gasteiger partial charge on any atom is -0.496 e. The van der Waals surface area contributed by atoms with Crippen LogP contribution in [0.5, 0.6) is 5.75 Å². The number of ether oxygens (including phenoxy) is 1. The standard InChI is InChI=1S/C17H19BrFNO/c1-9-6-5-7-12(15(9)19)16(20)14-11(3)13(18)8-10(2)17(14)21-4/h5-8,16H,20H2,1-4H3. The SMILES string of the molecule is COc1c(C)cc(Br)c(C)c1C(N)c1cccc(C)c1F. The molecule has 2 aromatic carbocycles. The van der Waals surface area contributed by atoms with Gasteiger partial charge in [0.2, 0.25) is 0 Å². The maximum Gasteiger partial charge on any atom is 0.131 e. The number of nitrogens with two attached hydrogens (primary N) is 1. The van der Waals surface area contributed by atoms with Crippen LogP contribution in [-0.2, 0) is 0 Å². The summed E-state index contributed by atoms with van der Waals surface area (Å²) < 4.78 is 20.8. The molecule has 112 valence electrons. The summed E-state index contributed by atoms with van der Waals surface area (Å²) in [5, 5.41) is 0. The fraction of sp³-hybridized carbons (Fsp3) is 0.294. The van der Waals surface area contributed by atoms with Gasteiger partial charge in [0.1, 0.15) is 11.6 Å². The monoisotopic (exact) mass is 351 g/mol. The highest BCUT2D eigenvalue weighted by molar-refractivity contribution is 9.10. The van der Waals surface area contributed by atoms with Crippen molar-refractivity contribution in [3.63, 3.8) is 0 Å². The highest BCUT2D eigenvalue weighted by atomic mass is 79.9. The van der Waals surface area contributed by atoms with Gasteiger partial charge in [0, 0.05) is 15.6 Å². The van der Waals surface area contributed by atoms with Crippen molar-refractivity contribution in [3.05, 3.63) is 62.4 Å². The molecule has 0 aliphatic heterocycles. The summed E-state index contributed by atoms with van der Waals surface area (Å²) in [6, 6.07) is 6.69. The molecule has 0 heterocycles. The van der Waals surface area contributed by atoms with Gasteiger partial charge in [-0.05, 0) is 43.5 Å². The molecule has 0 saturated heterocycles. The molecule has 0 aliphatic carbocycles. The summed E-state index contributed by atoms with van der Waals surface area (Å²) in [5.74, 6) is 0.452. The summed E-state index contributed by atoms with van der Waals surface area (Å²) in [5.41, 5.74) is 10.2. The van der Waals surface area contributed by atoms with Gasteiger partial charge in [0.05, 0.1) is 13.2 Å². The van der Waals surface area contributed by atoms with Crippen LogP contribution in [0, 0.1) is 26.6 Å². The fourth-order valence-electron chi connectivity index (χ4n) is 2.59. The lowest BCUT2D eigenvalue weighted by Crippen LogP contribution is -2.17. The van der Waals surface area contributed by atoms with Crippen molar-refractivity contribution in [1.82, 2.24) is 0 Å². The molecule has 1 atom stereocenters. The first kappa shape index (κ1) is 16.0. The molecule has 21 heavy (non-hydrogen) atoms. The molecule has 0 saturated carbocycles. The quantitative estimate of drug-likeness (QED) is 0.878. The van der Waals surface area contributed by atoms with Crippen LogP contribution >= 0.6 is 15.9 Å². The van der Waals surface area contributed by atoms with Gasteiger partial charge in [-0.25, -0.2) is 4.39 Å². The van der Waals surface area contributed by atoms with Gasteiger partial charge < -0.3 is 10.5 Å². The number of hydrogen-bond donors (Lipinski definition) is 1. The molecule has 4 heteroatoms. The van der Waals surface area contributed by atoms with Crippen molar-refractivity contribution >= 4 is 15.9 Å². The topological polar surface area (TPSA) is 35.2 Å². The normalized spacial score (nSPS) is 12.3. The maximum absolute atomic E-state index is 14.4. The molecule has 0 spiro atoms. The second-order valence-electron chi connectivity index (χ2n) is 5.20. The first-order valence-corrected chi connectivity index (χ1v) is 7.52. The molecule has 2 nitrogen and oxygen atoms in total. The smallest absolute Gasteiger partial charge is 0.131 e. The average Bonchev–Trinajstić information content (AvgIpc) is 2.44. The van der Waals surface area contributed by atoms with Crippen molar-refractivity contribution in [2.45, 2.75) is 26.8 Å². The number of rotatable bonds is 3. The molecule has 0 aromatic heterocycles. The first-order chi connectivity index (χ1) is 9.88. The average molecular weight is 352 g/mol. The molecule has 2 aromatic rings. The molecular weight excluding hydrogens is 333 g/mol. The second-order valence-corrected chi connectivity index (χ2v) is 6.06. The summed E-state index contributed by atoms with van der Waals surface area (Å²) >= 11 is 3.53. The minimum absolute atomic E-state index is 0.260. The molecule has 0 radical (unpaired) electrons. The van der Waals surface area contributed by atoms with E-state index in [1.807, 2.05) is 26.0 Å². The lowest BCUT2D eigenvalue weighted by Gasteiger charge is -2.22. The Bertz CT molecular complexity index is 685. The van der Waals surface area contributed by atoms with Crippen molar-refractivity contribution < 1.29 is 9.13 Å². The third-order valence-corrected chi connectivity index (χ3v) is 4.60. The third kappa shape index (κ3) is 2.83. The van der Waals surface area contributed by atoms with Gasteiger partial charge in [-0.1, -0.05) is 34.1 Å². The Morgan fingerprint density at radius 1 is 1.19 bits per heavy atom. The van der Waals surface area contributed by atoms with Gasteiger partial charge >= 0.3 is 0 Å². The van der Waals surface area contributed by atoms with E-state index in [1.165, 1.54) is 0 Å². The third-order valence-electron chi connectivity index (χ3n) is 3.78. The molecule has 2 N–H and O–H groups in total. The van der Waals surface area contributed by atoms with Crippen LogP contribution in [0.3, 0.4) is 0 Å². The van der Waals surface area contributed by atoms with E-state index >= 15 is 0 Å². The molecule has 0 aliphatic rings. The number of benzene rings is 2. The maximum atomic E-state index is 14.4. The predicted octanol–water partition coefficient (Wildman–Crippen LogP) is 4.57. The van der Waals surface area contributed by atoms with E-state index in [4.69, 9.17) is 10.5 Å². The van der Waals surface area contributed by atoms with E-state index in [2.05, 4.69) is 15.9 Å². The van der Waals surface area contributed by atoms with Gasteiger partial charge in [-0.3, -0.25) is 0 Å². The molecule has 0 amide bonds. The van der Waals surface area contributed by atoms with Gasteiger partial charge in [-0.15, -0.1) is 0 Å². The Morgan fingerprint density at radius 3 is 2.48 bits per heavy atom. The van der Waals surface area contributed by atoms with Crippen LogP contribution in [0.2, 0.25) is 0 Å². The predicted molar refractivity (Wildman–Crippen MR) is 87.3 cm³/mol. The Hall–Kier alpha value is -1.39. The number of halogens is 2. The van der Waals surface area contributed by atoms with Crippen molar-refractivity contribution in [1.29, 1.82) is 0 Å². The van der Waals surface area contributed by atoms with Crippen LogP contribution in [0.1, 0.15) is 33.9 Å². The van der Waals surface area contributed by atoms with Crippen molar-refractivity contribution in [2.24, 2.45) is 5.73 Å². The lowest BCUT2D eigenvalue weighted by atomic mass is 9.92. The van der Waals surface area contributed by atoms with Crippen LogP contribution in [0.4, 0.5) is 4.39 Å². The van der Waals surface area contributed by atoms with Crippen molar-refractivity contribution in [3.8, 4) is 5.75 Å². The minimum atomic E-state index is -0.573. The molecular formula is C17H19BrFNO. The summed E-state index contributed by atoms with van der Waals surface area (Å²) in [6.07, 6.45) is 0. The zero-order valence-electron chi connectivity index (χ0n) is 12.6. The zero-order chi connectivity index (χ0) is 15.7. The Kier molecular flexibility index (Phi) is 4.69. The number of hydrogen-bond acceptors (Lipinski definition) is 2. The van der Waals surface area contributed by atoms with E-state index in [0.29, 0.717) is 16.9 Å². The summed E-state index contributed by atoms with van der Waals surface area (Å²) in [7, 11) is 1.61. The summed E-state index contributed by atoms with van der Waals surface area (Å²) in [6.45, 7) is 5.64. The zero-order valence-corrected chi connectivity index (χ0v) is 14.2. The Balaban J connectivity index is 2.68. The number of methoxy groups -OCH3 is 1. The molecule has 2 rings (SSSR count). The van der Waals surface area contributed by atoms with Crippen LogP contribution in [-0.4, -0.2) is 7.11 Å². The molecule has 0 bridgehead atoms. The molecule has 0 fully saturated rings. The largest absolute Gasteiger partial charge is 0.496 e. The first-order valence-electron chi connectivity index (χ1n) is 6.72. The van der Waals surface area contributed by atoms with Gasteiger partial charge in [0.15, 0.2) is 0 Å². The van der Waals surface area contributed by atoms with Crippen LogP contribution in [0.15, 0.2) is 28.7 Å². The summed E-state index contributed by atoms with van der Waals surface area (Å²) in [4.78, 5) is 0. The van der Waals surface area contributed by atoms with Gasteiger partial charge in [-0.2, -0.15) is 0 Å². The van der Waals surface area contributed by atoms with Crippen LogP contribution in [0.25, 0.3) is 0 Å². The number of aryl methyl sites for hydroxylation is 2. The van der Waals surface area contributed by atoms with Crippen LogP contribution < -0.4 is 10.5 Å². The second kappa shape index (κ2) is 6.16. The Labute approximate surface area is 133 Å².